The normalized spacial score (nSPS) is 14.9. The van der Waals surface area contributed by atoms with Crippen molar-refractivity contribution >= 4 is 139 Å². The lowest BCUT2D eigenvalue weighted by Gasteiger charge is -2.33. The van der Waals surface area contributed by atoms with Crippen LogP contribution < -0.4 is 93.6 Å². The monoisotopic (exact) mass is 1570 g/mol. The van der Waals surface area contributed by atoms with Crippen molar-refractivity contribution in [1.29, 1.82) is 0 Å². The molecule has 0 aromatic heterocycles. The van der Waals surface area contributed by atoms with Crippen LogP contribution in [0.1, 0.15) is 78.1 Å². The van der Waals surface area contributed by atoms with E-state index in [0.717, 1.165) is 145 Å². The molecule has 0 atom stereocenters. The van der Waals surface area contributed by atoms with Gasteiger partial charge >= 0.3 is 30.2 Å². The van der Waals surface area contributed by atoms with Crippen LogP contribution in [0.5, 0.6) is 0 Å². The molecular weight excluding hydrogens is 1460 g/mol. The fourth-order valence-corrected chi connectivity index (χ4v) is 14.7. The molecule has 8 aromatic rings. The number of urea groups is 5. The van der Waals surface area contributed by atoms with Crippen molar-refractivity contribution in [3.63, 3.8) is 0 Å². The average molecular weight is 1570 g/mol. The Morgan fingerprint density at radius 2 is 0.748 bits per heavy atom. The second kappa shape index (κ2) is 40.4. The molecule has 0 aliphatic carbocycles. The Hall–Kier alpha value is -13.1. The molecule has 610 valence electrons. The highest BCUT2D eigenvalue weighted by atomic mass is 16.2. The van der Waals surface area contributed by atoms with Crippen molar-refractivity contribution in [3.8, 4) is 0 Å². The van der Waals surface area contributed by atoms with Gasteiger partial charge in [-0.25, -0.2) is 24.0 Å². The third kappa shape index (κ3) is 20.2. The smallest absolute Gasteiger partial charge is 0.324 e. The van der Waals surface area contributed by atoms with Crippen molar-refractivity contribution in [3.05, 3.63) is 190 Å². The number of rotatable bonds is 11. The molecule has 13 N–H and O–H groups in total. The SMILES string of the molecule is CCN1C(=O)CCc2c(NC)cccc21.CCN1C(=O)NCc2c(NC)cccc21.CCN1Cc2c(NC)cccc2NC1=O.CNc1ccc2c(c1)CC(=O)CN2.CNc1cccc2c1CCC(=O)N2C.CNc1cccc2c1CN(C)C(=O)N2.CNc1cccc2c1CN(C)C(=O)N2C.CNc1cccc2c1CNC(=O)N2C. The number of hydrogen-bond donors (Lipinski definition) is 13. The first-order chi connectivity index (χ1) is 55.4. The number of hydrogen-bond acceptors (Lipinski definition) is 17. The highest BCUT2D eigenvalue weighted by Crippen LogP contribution is 2.38. The van der Waals surface area contributed by atoms with Gasteiger partial charge in [0.05, 0.1) is 43.2 Å². The first-order valence-electron chi connectivity index (χ1n) is 38.8. The van der Waals surface area contributed by atoms with Crippen molar-refractivity contribution in [2.75, 3.05) is 201 Å². The van der Waals surface area contributed by atoms with E-state index in [1.807, 2.05) is 236 Å². The predicted octanol–water partition coefficient (Wildman–Crippen LogP) is 13.6. The summed E-state index contributed by atoms with van der Waals surface area (Å²) < 4.78 is 0. The number of amides is 12. The summed E-state index contributed by atoms with van der Waals surface area (Å²) in [5, 5.41) is 39.5. The van der Waals surface area contributed by atoms with E-state index >= 15 is 0 Å². The lowest BCUT2D eigenvalue weighted by molar-refractivity contribution is -0.119. The third-order valence-corrected chi connectivity index (χ3v) is 21.0. The number of ketones is 1. The zero-order chi connectivity index (χ0) is 83.2. The maximum atomic E-state index is 11.7. The molecule has 0 saturated heterocycles. The van der Waals surface area contributed by atoms with Crippen LogP contribution in [0.2, 0.25) is 0 Å². The number of fused-ring (bicyclic) bond motifs is 8. The van der Waals surface area contributed by atoms with Crippen molar-refractivity contribution in [2.45, 2.75) is 85.6 Å². The van der Waals surface area contributed by atoms with Gasteiger partial charge in [0, 0.05) is 245 Å². The zero-order valence-corrected chi connectivity index (χ0v) is 69.1. The summed E-state index contributed by atoms with van der Waals surface area (Å²) in [6.07, 6.45) is 3.48. The van der Waals surface area contributed by atoms with Crippen LogP contribution in [-0.2, 0) is 66.4 Å². The van der Waals surface area contributed by atoms with Crippen LogP contribution in [0.15, 0.2) is 146 Å². The number of anilines is 16. The molecule has 115 heavy (non-hydrogen) atoms. The molecule has 16 rings (SSSR count). The topological polar surface area (TPSA) is 319 Å². The van der Waals surface area contributed by atoms with E-state index in [4.69, 9.17) is 0 Å². The second-order valence-corrected chi connectivity index (χ2v) is 27.8. The van der Waals surface area contributed by atoms with Gasteiger partial charge in [0.2, 0.25) is 11.8 Å². The molecule has 29 heteroatoms. The van der Waals surface area contributed by atoms with Gasteiger partial charge in [-0.05, 0) is 153 Å². The third-order valence-electron chi connectivity index (χ3n) is 21.0. The molecule has 8 heterocycles. The molecule has 8 aliphatic rings. The summed E-state index contributed by atoms with van der Waals surface area (Å²) >= 11 is 0. The van der Waals surface area contributed by atoms with Crippen LogP contribution >= 0.6 is 0 Å². The van der Waals surface area contributed by atoms with Crippen LogP contribution in [-0.4, -0.2) is 180 Å². The van der Waals surface area contributed by atoms with Gasteiger partial charge in [0.15, 0.2) is 5.78 Å². The van der Waals surface area contributed by atoms with E-state index in [1.165, 1.54) is 16.7 Å². The fraction of sp³-hybridized carbons (Fsp3) is 0.349. The molecule has 0 fully saturated rings. The molecule has 0 unspecified atom stereocenters. The Morgan fingerprint density at radius 1 is 0.330 bits per heavy atom. The maximum Gasteiger partial charge on any atom is 0.324 e. The minimum Gasteiger partial charge on any atom is -0.388 e. The molecule has 12 amide bonds. The molecule has 29 nitrogen and oxygen atoms in total. The van der Waals surface area contributed by atoms with Gasteiger partial charge in [-0.3, -0.25) is 29.1 Å². The molecular formula is C86H113N21O8. The van der Waals surface area contributed by atoms with E-state index in [9.17, 15) is 38.4 Å². The Kier molecular flexibility index (Phi) is 30.2. The highest BCUT2D eigenvalue weighted by molar-refractivity contribution is 6.01. The zero-order valence-electron chi connectivity index (χ0n) is 69.1. The van der Waals surface area contributed by atoms with Crippen LogP contribution in [0.25, 0.3) is 0 Å². The van der Waals surface area contributed by atoms with Crippen molar-refractivity contribution in [1.82, 2.24) is 25.3 Å². The standard InChI is InChI=1S/C12H16N2O.3C11H15N3O.C11H14N2O.2C10H13N3O.C10H12N2O/c1-3-14-11-6-4-5-10(13-2)9(11)7-8-12(14)15;1-12-9-5-4-6-10-8(9)7-13(2)11(15)14(10)3;1-3-14-7-8-9(12-2)5-4-6-10(8)13-11(14)15;1-3-14-10-6-4-5-9(12-2)8(10)7-13-11(14)15;1-12-9-4-3-5-10-8(9)6-7-11(14)13(10)2;1-11-8-4-3-5-9-7(8)6-13(2)10(14)12-9;1-11-8-4-3-5-9-7(8)6-12-10(14)13(9)2;1-11-8-2-3-10-7(4-8)5-9(13)6-12-10/h4-6,13H,3,7-8H2,1-2H3;4-6,12H,7H2,1-3H3;2*4-6,12H,3,7H2,1-2H3,(H,13,15);3-5,12H,6-7H2,1-2H3;2*3-5,11H,6H2,1-2H3,(H,12,14);2-4,11-12H,5-6H2,1H3. The lowest BCUT2D eigenvalue weighted by Crippen LogP contribution is -2.44. The number of carbonyl (C=O) groups is 8. The van der Waals surface area contributed by atoms with Gasteiger partial charge in [-0.2, -0.15) is 0 Å². The molecule has 0 radical (unpaired) electrons. The Bertz CT molecular complexity index is 4670. The van der Waals surface area contributed by atoms with Crippen molar-refractivity contribution in [2.24, 2.45) is 0 Å². The minimum absolute atomic E-state index is 0.0155. The van der Waals surface area contributed by atoms with Crippen LogP contribution in [0.3, 0.4) is 0 Å². The second-order valence-electron chi connectivity index (χ2n) is 27.8. The quantitative estimate of drug-likeness (QED) is 0.0572. The minimum atomic E-state index is -0.0502. The average Bonchev–Trinajstić information content (AvgIpc) is 0.789. The first kappa shape index (κ1) is 85.9. The summed E-state index contributed by atoms with van der Waals surface area (Å²) in [6, 6.07) is 47.6. The Balaban J connectivity index is 0.000000150. The predicted molar refractivity (Wildman–Crippen MR) is 470 cm³/mol. The summed E-state index contributed by atoms with van der Waals surface area (Å²) in [5.74, 6) is 0.685. The lowest BCUT2D eigenvalue weighted by atomic mass is 9.99. The fourth-order valence-electron chi connectivity index (χ4n) is 14.7. The summed E-state index contributed by atoms with van der Waals surface area (Å²) in [6.45, 7) is 11.8. The summed E-state index contributed by atoms with van der Waals surface area (Å²) in [4.78, 5) is 106. The maximum absolute atomic E-state index is 11.7. The van der Waals surface area contributed by atoms with Crippen LogP contribution in [0.4, 0.5) is 115 Å². The van der Waals surface area contributed by atoms with Gasteiger partial charge in [0.1, 0.15) is 0 Å². The highest BCUT2D eigenvalue weighted by Gasteiger charge is 2.30. The van der Waals surface area contributed by atoms with E-state index in [1.54, 1.807) is 55.4 Å². The van der Waals surface area contributed by atoms with E-state index in [2.05, 4.69) is 75.2 Å². The first-order valence-corrected chi connectivity index (χ1v) is 38.8. The molecule has 8 aliphatic heterocycles. The molecule has 0 spiro atoms. The van der Waals surface area contributed by atoms with Gasteiger partial charge < -0.3 is 93.6 Å². The van der Waals surface area contributed by atoms with E-state index < -0.39 is 0 Å². The Labute approximate surface area is 675 Å². The van der Waals surface area contributed by atoms with Crippen molar-refractivity contribution < 1.29 is 38.4 Å². The van der Waals surface area contributed by atoms with E-state index in [-0.39, 0.29) is 47.8 Å². The molecule has 0 bridgehead atoms. The summed E-state index contributed by atoms with van der Waals surface area (Å²) in [5.41, 5.74) is 26.0. The molecule has 0 saturated carbocycles. The van der Waals surface area contributed by atoms with E-state index in [0.29, 0.717) is 65.1 Å². The van der Waals surface area contributed by atoms with Crippen LogP contribution in [0, 0.1) is 0 Å². The van der Waals surface area contributed by atoms with Gasteiger partial charge in [-0.1, -0.05) is 42.5 Å². The number of nitrogens with zero attached hydrogens (tertiary/aromatic N) is 8. The number of benzene rings is 8. The number of Topliss-reactive ketones (excluding diaryl/α,β-unsaturated/α-hetero) is 1. The summed E-state index contributed by atoms with van der Waals surface area (Å²) in [7, 11) is 24.1. The largest absolute Gasteiger partial charge is 0.388 e. The molecule has 8 aromatic carbocycles. The van der Waals surface area contributed by atoms with Gasteiger partial charge in [-0.15, -0.1) is 0 Å². The number of nitrogens with one attached hydrogen (secondary N) is 13. The van der Waals surface area contributed by atoms with Gasteiger partial charge in [0.25, 0.3) is 0 Å². The Morgan fingerprint density at radius 3 is 1.26 bits per heavy atom. The number of carbonyl (C=O) groups excluding carboxylic acids is 8.